The van der Waals surface area contributed by atoms with Crippen molar-refractivity contribution < 1.29 is 49.3 Å². The van der Waals surface area contributed by atoms with E-state index < -0.39 is 6.10 Å². The van der Waals surface area contributed by atoms with E-state index in [1.54, 1.807) is 45.6 Å². The van der Waals surface area contributed by atoms with Crippen LogP contribution in [0.5, 0.6) is 46.0 Å². The summed E-state index contributed by atoms with van der Waals surface area (Å²) < 4.78 is 20.8. The van der Waals surface area contributed by atoms with Crippen LogP contribution in [0.2, 0.25) is 0 Å². The Kier molecular flexibility index (Phi) is 15.5. The molecule has 0 bridgehead atoms. The predicted octanol–water partition coefficient (Wildman–Crippen LogP) is 7.06. The third-order valence-electron chi connectivity index (χ3n) is 6.61. The number of carbonyl (C=O) groups excluding carboxylic acids is 1. The molecule has 0 radical (unpaired) electrons. The summed E-state index contributed by atoms with van der Waals surface area (Å²) in [6, 6.07) is 18.8. The fourth-order valence-corrected chi connectivity index (χ4v) is 4.26. The number of rotatable bonds is 11. The molecule has 10 heteroatoms. The van der Waals surface area contributed by atoms with Gasteiger partial charge in [0.25, 0.3) is 0 Å². The second-order valence-corrected chi connectivity index (χ2v) is 9.50. The summed E-state index contributed by atoms with van der Waals surface area (Å²) in [6.07, 6.45) is 3.19. The minimum Gasteiger partial charge on any atom is -0.508 e. The molecule has 0 aliphatic carbocycles. The largest absolute Gasteiger partial charge is 0.508 e. The van der Waals surface area contributed by atoms with Crippen LogP contribution >= 0.6 is 0 Å². The Labute approximate surface area is 270 Å². The minimum atomic E-state index is -0.811. The van der Waals surface area contributed by atoms with E-state index >= 15 is 0 Å². The van der Waals surface area contributed by atoms with Crippen LogP contribution in [0.3, 0.4) is 0 Å². The van der Waals surface area contributed by atoms with Gasteiger partial charge in [0.1, 0.15) is 23.0 Å². The van der Waals surface area contributed by atoms with Gasteiger partial charge >= 0.3 is 0 Å². The zero-order chi connectivity index (χ0) is 32.2. The zero-order valence-corrected chi connectivity index (χ0v) is 24.9. The minimum absolute atomic E-state index is 0. The number of carbonyl (C=O) groups is 1. The fourth-order valence-electron chi connectivity index (χ4n) is 4.26. The topological polar surface area (TPSA) is 155 Å². The second-order valence-electron chi connectivity index (χ2n) is 9.50. The van der Waals surface area contributed by atoms with Crippen LogP contribution in [0.4, 0.5) is 0 Å². The molecule has 0 saturated carbocycles. The van der Waals surface area contributed by atoms with Crippen molar-refractivity contribution in [3.8, 4) is 46.0 Å². The number of aromatic hydroxyl groups is 4. The molecule has 46 heavy (non-hydrogen) atoms. The second kappa shape index (κ2) is 18.5. The lowest BCUT2D eigenvalue weighted by Crippen LogP contribution is -2.00. The molecule has 4 aromatic carbocycles. The van der Waals surface area contributed by atoms with Gasteiger partial charge in [-0.05, 0) is 78.6 Å². The molecule has 0 heterocycles. The molecule has 0 fully saturated rings. The molecule has 5 N–H and O–H groups in total. The van der Waals surface area contributed by atoms with E-state index in [-0.39, 0.29) is 49.2 Å². The molecule has 4 aromatic rings. The molecule has 0 aliphatic rings. The maximum absolute atomic E-state index is 12.0. The number of phenolic OH excluding ortho intramolecular Hbond substituents is 4. The first kappa shape index (κ1) is 38.7. The van der Waals surface area contributed by atoms with Gasteiger partial charge in [-0.25, -0.2) is 0 Å². The summed E-state index contributed by atoms with van der Waals surface area (Å²) in [4.78, 5) is 12.0. The van der Waals surface area contributed by atoms with Crippen molar-refractivity contribution in [2.45, 2.75) is 33.8 Å². The molecular formula is C36H44O10. The Morgan fingerprint density at radius 3 is 1.78 bits per heavy atom. The summed E-state index contributed by atoms with van der Waals surface area (Å²) in [6.45, 7) is 0. The van der Waals surface area contributed by atoms with Crippen molar-refractivity contribution in [2.75, 3.05) is 28.4 Å². The number of phenols is 4. The molecule has 0 aromatic heterocycles. The summed E-state index contributed by atoms with van der Waals surface area (Å²) in [7, 11) is 6.23. The summed E-state index contributed by atoms with van der Waals surface area (Å²) in [5.41, 5.74) is 2.27. The van der Waals surface area contributed by atoms with Crippen LogP contribution < -0.4 is 18.9 Å². The molecule has 0 amide bonds. The molecule has 0 spiro atoms. The first-order valence-corrected chi connectivity index (χ1v) is 13.5. The van der Waals surface area contributed by atoms with Gasteiger partial charge in [0.05, 0.1) is 40.1 Å². The van der Waals surface area contributed by atoms with Crippen LogP contribution in [0, 0.1) is 0 Å². The number of ether oxygens (including phenoxy) is 4. The van der Waals surface area contributed by atoms with E-state index in [1.807, 2.05) is 18.2 Å². The molecule has 0 aliphatic heterocycles. The van der Waals surface area contributed by atoms with Crippen molar-refractivity contribution in [1.29, 1.82) is 0 Å². The van der Waals surface area contributed by atoms with Crippen LogP contribution in [0.1, 0.15) is 54.4 Å². The number of benzene rings is 4. The lowest BCUT2D eigenvalue weighted by atomic mass is 10.00. The first-order chi connectivity index (χ1) is 21.1. The number of ketones is 1. The third-order valence-corrected chi connectivity index (χ3v) is 6.61. The highest BCUT2D eigenvalue weighted by molar-refractivity contribution is 6.08. The average Bonchev–Trinajstić information content (AvgIpc) is 3.02. The number of methoxy groups -OCH3 is 4. The molecule has 248 valence electrons. The highest BCUT2D eigenvalue weighted by atomic mass is 16.5. The van der Waals surface area contributed by atoms with E-state index in [2.05, 4.69) is 0 Å². The van der Waals surface area contributed by atoms with Gasteiger partial charge < -0.3 is 44.5 Å². The van der Waals surface area contributed by atoms with E-state index in [9.17, 15) is 30.3 Å². The van der Waals surface area contributed by atoms with E-state index in [1.165, 1.54) is 43.5 Å². The Hall–Kier alpha value is -5.35. The smallest absolute Gasteiger partial charge is 0.189 e. The van der Waals surface area contributed by atoms with Gasteiger partial charge in [-0.2, -0.15) is 0 Å². The maximum Gasteiger partial charge on any atom is 0.189 e. The Morgan fingerprint density at radius 2 is 1.22 bits per heavy atom. The van der Waals surface area contributed by atoms with Crippen molar-refractivity contribution >= 4 is 11.9 Å². The van der Waals surface area contributed by atoms with Gasteiger partial charge in [0.2, 0.25) is 0 Å². The van der Waals surface area contributed by atoms with Crippen LogP contribution in [0.25, 0.3) is 6.08 Å². The molecule has 0 saturated heterocycles. The molecule has 1 atom stereocenters. The van der Waals surface area contributed by atoms with Crippen molar-refractivity contribution in [2.24, 2.45) is 0 Å². The summed E-state index contributed by atoms with van der Waals surface area (Å²) in [5, 5.41) is 48.1. The normalized spacial score (nSPS) is 10.8. The standard InChI is InChI=1S/C17H20O5.C17H16O5.2CH4/c2*1-21-16-8-4-11(9-17(16)22-2)3-7-14(19)13-6-5-12(18)10-15(13)20;;/h4-6,8-10,14,18-20H,3,7H2,1-2H3;3-10,18,20H,1-2H3;2*1H4/b;7-3+;;. The molecular weight excluding hydrogens is 592 g/mol. The predicted molar refractivity (Wildman–Crippen MR) is 179 cm³/mol. The van der Waals surface area contributed by atoms with Crippen LogP contribution in [-0.4, -0.2) is 59.8 Å². The monoisotopic (exact) mass is 636 g/mol. The Bertz CT molecular complexity index is 1600. The molecule has 1 unspecified atom stereocenters. The van der Waals surface area contributed by atoms with Gasteiger partial charge in [0, 0.05) is 17.7 Å². The van der Waals surface area contributed by atoms with Crippen LogP contribution in [0.15, 0.2) is 78.9 Å². The molecule has 10 nitrogen and oxygen atoms in total. The fraction of sp³-hybridized carbons (Fsp3) is 0.250. The number of hydrogen-bond donors (Lipinski definition) is 5. The van der Waals surface area contributed by atoms with Gasteiger partial charge in [0.15, 0.2) is 28.8 Å². The van der Waals surface area contributed by atoms with E-state index in [0.717, 1.165) is 17.2 Å². The Balaban J connectivity index is 0.000000441. The lowest BCUT2D eigenvalue weighted by Gasteiger charge is -2.14. The lowest BCUT2D eigenvalue weighted by molar-refractivity contribution is 0.104. The number of aryl methyl sites for hydroxylation is 1. The molecule has 4 rings (SSSR count). The highest BCUT2D eigenvalue weighted by Crippen LogP contribution is 2.32. The van der Waals surface area contributed by atoms with E-state index in [4.69, 9.17) is 18.9 Å². The quantitative estimate of drug-likeness (QED) is 0.0853. The van der Waals surface area contributed by atoms with E-state index in [0.29, 0.717) is 41.4 Å². The van der Waals surface area contributed by atoms with Crippen molar-refractivity contribution in [3.05, 3.63) is 101 Å². The zero-order valence-electron chi connectivity index (χ0n) is 24.9. The van der Waals surface area contributed by atoms with Crippen molar-refractivity contribution in [1.82, 2.24) is 0 Å². The average molecular weight is 637 g/mol. The first-order valence-electron chi connectivity index (χ1n) is 13.5. The van der Waals surface area contributed by atoms with Gasteiger partial charge in [-0.3, -0.25) is 4.79 Å². The Morgan fingerprint density at radius 1 is 0.674 bits per heavy atom. The summed E-state index contributed by atoms with van der Waals surface area (Å²) >= 11 is 0. The van der Waals surface area contributed by atoms with Crippen LogP contribution in [-0.2, 0) is 6.42 Å². The third kappa shape index (κ3) is 10.4. The highest BCUT2D eigenvalue weighted by Gasteiger charge is 2.14. The number of hydrogen-bond acceptors (Lipinski definition) is 10. The number of aliphatic hydroxyl groups excluding tert-OH is 1. The van der Waals surface area contributed by atoms with Crippen molar-refractivity contribution in [3.63, 3.8) is 0 Å². The maximum atomic E-state index is 12.0. The summed E-state index contributed by atoms with van der Waals surface area (Å²) in [5.74, 6) is 1.58. The van der Waals surface area contributed by atoms with Gasteiger partial charge in [-0.1, -0.05) is 33.1 Å². The number of allylic oxidation sites excluding steroid dienone is 1. The SMILES string of the molecule is C.C.COc1ccc(/C=C/C(=O)c2ccc(O)cc2O)cc1OC.COc1ccc(CCC(O)c2ccc(O)cc2O)cc1OC. The number of aliphatic hydroxyl groups is 1. The van der Waals surface area contributed by atoms with Gasteiger partial charge in [-0.15, -0.1) is 0 Å².